The maximum atomic E-state index is 11.7. The number of rotatable bonds is 6. The standard InChI is InChI=1S/C9H13F2N3O2/c10-6(11)5-15-4-1-7-13-8(16-14-7)9(12)2-3-9/h6H,1-5,12H2. The molecular formula is C9H13F2N3O2. The Morgan fingerprint density at radius 3 is 2.88 bits per heavy atom. The Morgan fingerprint density at radius 1 is 1.50 bits per heavy atom. The zero-order chi connectivity index (χ0) is 11.6. The molecule has 0 aromatic carbocycles. The van der Waals surface area contributed by atoms with Crippen LogP contribution in [0.1, 0.15) is 24.6 Å². The third-order valence-corrected chi connectivity index (χ3v) is 2.40. The molecule has 0 aliphatic heterocycles. The van der Waals surface area contributed by atoms with Crippen LogP contribution in [0.4, 0.5) is 8.78 Å². The second-order valence-electron chi connectivity index (χ2n) is 3.89. The molecule has 1 aromatic rings. The van der Waals surface area contributed by atoms with Crippen molar-refractivity contribution in [1.29, 1.82) is 0 Å². The quantitative estimate of drug-likeness (QED) is 0.737. The van der Waals surface area contributed by atoms with E-state index in [9.17, 15) is 8.78 Å². The summed E-state index contributed by atoms with van der Waals surface area (Å²) in [5, 5.41) is 3.71. The van der Waals surface area contributed by atoms with E-state index in [1.807, 2.05) is 0 Å². The van der Waals surface area contributed by atoms with Crippen molar-refractivity contribution in [3.05, 3.63) is 11.7 Å². The van der Waals surface area contributed by atoms with Crippen LogP contribution in [-0.4, -0.2) is 29.8 Å². The molecular weight excluding hydrogens is 220 g/mol. The highest BCUT2D eigenvalue weighted by Gasteiger charge is 2.45. The van der Waals surface area contributed by atoms with Crippen LogP contribution in [0.3, 0.4) is 0 Å². The predicted molar refractivity (Wildman–Crippen MR) is 49.9 cm³/mol. The fraction of sp³-hybridized carbons (Fsp3) is 0.778. The van der Waals surface area contributed by atoms with E-state index >= 15 is 0 Å². The van der Waals surface area contributed by atoms with Gasteiger partial charge >= 0.3 is 0 Å². The SMILES string of the molecule is NC1(c2nc(CCOCC(F)F)no2)CC1. The molecule has 1 aromatic heterocycles. The van der Waals surface area contributed by atoms with Gasteiger partial charge in [-0.3, -0.25) is 0 Å². The Balaban J connectivity index is 1.75. The summed E-state index contributed by atoms with van der Waals surface area (Å²) in [6.45, 7) is -0.410. The Hall–Kier alpha value is -1.08. The number of halogens is 2. The van der Waals surface area contributed by atoms with Crippen molar-refractivity contribution in [3.63, 3.8) is 0 Å². The molecule has 0 radical (unpaired) electrons. The van der Waals surface area contributed by atoms with Gasteiger partial charge in [-0.05, 0) is 12.8 Å². The molecule has 1 aliphatic carbocycles. The van der Waals surface area contributed by atoms with Gasteiger partial charge in [-0.2, -0.15) is 4.98 Å². The zero-order valence-corrected chi connectivity index (χ0v) is 8.66. The number of nitrogens with two attached hydrogens (primary N) is 1. The smallest absolute Gasteiger partial charge is 0.261 e. The summed E-state index contributed by atoms with van der Waals surface area (Å²) in [7, 11) is 0. The van der Waals surface area contributed by atoms with E-state index in [1.165, 1.54) is 0 Å². The fourth-order valence-electron chi connectivity index (χ4n) is 1.24. The topological polar surface area (TPSA) is 74.2 Å². The predicted octanol–water partition coefficient (Wildman–Crippen LogP) is 0.842. The molecule has 90 valence electrons. The Labute approximate surface area is 90.9 Å². The first-order chi connectivity index (χ1) is 7.60. The molecule has 1 fully saturated rings. The number of nitrogens with zero attached hydrogens (tertiary/aromatic N) is 2. The van der Waals surface area contributed by atoms with Crippen molar-refractivity contribution in [1.82, 2.24) is 10.1 Å². The monoisotopic (exact) mass is 233 g/mol. The number of alkyl halides is 2. The van der Waals surface area contributed by atoms with Gasteiger partial charge in [0.05, 0.1) is 12.1 Å². The molecule has 0 atom stereocenters. The first-order valence-corrected chi connectivity index (χ1v) is 5.08. The highest BCUT2D eigenvalue weighted by atomic mass is 19.3. The van der Waals surface area contributed by atoms with Gasteiger partial charge in [-0.15, -0.1) is 0 Å². The summed E-state index contributed by atoms with van der Waals surface area (Å²) in [5.74, 6) is 0.873. The minimum absolute atomic E-state index is 0.154. The van der Waals surface area contributed by atoms with Crippen molar-refractivity contribution in [2.24, 2.45) is 5.73 Å². The van der Waals surface area contributed by atoms with E-state index in [0.717, 1.165) is 12.8 Å². The van der Waals surface area contributed by atoms with Crippen LogP contribution in [0.15, 0.2) is 4.52 Å². The van der Waals surface area contributed by atoms with Crippen LogP contribution in [0.5, 0.6) is 0 Å². The van der Waals surface area contributed by atoms with Crippen molar-refractivity contribution < 1.29 is 18.0 Å². The molecule has 0 bridgehead atoms. The van der Waals surface area contributed by atoms with Crippen LogP contribution < -0.4 is 5.73 Å². The lowest BCUT2D eigenvalue weighted by molar-refractivity contribution is 0.0182. The molecule has 7 heteroatoms. The molecule has 1 aliphatic rings. The molecule has 1 heterocycles. The first kappa shape index (κ1) is 11.4. The summed E-state index contributed by atoms with van der Waals surface area (Å²) in [6, 6.07) is 0. The second-order valence-corrected chi connectivity index (χ2v) is 3.89. The summed E-state index contributed by atoms with van der Waals surface area (Å²) in [4.78, 5) is 4.09. The van der Waals surface area contributed by atoms with Gasteiger partial charge in [0.15, 0.2) is 5.82 Å². The molecule has 2 rings (SSSR count). The van der Waals surface area contributed by atoms with Gasteiger partial charge < -0.3 is 15.0 Å². The van der Waals surface area contributed by atoms with Crippen LogP contribution in [-0.2, 0) is 16.7 Å². The van der Waals surface area contributed by atoms with Crippen molar-refractivity contribution >= 4 is 0 Å². The van der Waals surface area contributed by atoms with Crippen LogP contribution in [0.2, 0.25) is 0 Å². The van der Waals surface area contributed by atoms with E-state index in [4.69, 9.17) is 15.0 Å². The minimum Gasteiger partial charge on any atom is -0.375 e. The summed E-state index contributed by atoms with van der Waals surface area (Å²) in [5.41, 5.74) is 5.40. The number of ether oxygens (including phenoxy) is 1. The van der Waals surface area contributed by atoms with E-state index in [2.05, 4.69) is 10.1 Å². The maximum Gasteiger partial charge on any atom is 0.261 e. The lowest BCUT2D eigenvalue weighted by Crippen LogP contribution is -2.19. The third kappa shape index (κ3) is 2.73. The molecule has 0 saturated heterocycles. The van der Waals surface area contributed by atoms with Gasteiger partial charge in [-0.25, -0.2) is 8.78 Å². The lowest BCUT2D eigenvalue weighted by atomic mass is 10.3. The van der Waals surface area contributed by atoms with Crippen LogP contribution in [0, 0.1) is 0 Å². The normalized spacial score (nSPS) is 18.0. The molecule has 0 spiro atoms. The van der Waals surface area contributed by atoms with Gasteiger partial charge in [-0.1, -0.05) is 5.16 Å². The largest absolute Gasteiger partial charge is 0.375 e. The molecule has 16 heavy (non-hydrogen) atoms. The molecule has 0 amide bonds. The van der Waals surface area contributed by atoms with E-state index < -0.39 is 18.6 Å². The molecule has 1 saturated carbocycles. The number of aromatic nitrogens is 2. The van der Waals surface area contributed by atoms with Gasteiger partial charge in [0.1, 0.15) is 6.61 Å². The van der Waals surface area contributed by atoms with Gasteiger partial charge in [0.25, 0.3) is 6.43 Å². The minimum atomic E-state index is -2.44. The Morgan fingerprint density at radius 2 is 2.25 bits per heavy atom. The highest BCUT2D eigenvalue weighted by Crippen LogP contribution is 2.41. The van der Waals surface area contributed by atoms with Crippen LogP contribution >= 0.6 is 0 Å². The highest BCUT2D eigenvalue weighted by molar-refractivity contribution is 5.11. The van der Waals surface area contributed by atoms with Crippen molar-refractivity contribution in [2.75, 3.05) is 13.2 Å². The van der Waals surface area contributed by atoms with Gasteiger partial charge in [0.2, 0.25) is 5.89 Å². The average Bonchev–Trinajstić information content (AvgIpc) is 2.81. The number of hydrogen-bond donors (Lipinski definition) is 1. The fourth-order valence-corrected chi connectivity index (χ4v) is 1.24. The van der Waals surface area contributed by atoms with E-state index in [-0.39, 0.29) is 6.61 Å². The average molecular weight is 233 g/mol. The van der Waals surface area contributed by atoms with Gasteiger partial charge in [0, 0.05) is 6.42 Å². The molecule has 5 nitrogen and oxygen atoms in total. The number of hydrogen-bond acceptors (Lipinski definition) is 5. The Bertz CT molecular complexity index is 352. The third-order valence-electron chi connectivity index (χ3n) is 2.40. The lowest BCUT2D eigenvalue weighted by Gasteiger charge is -2.00. The summed E-state index contributed by atoms with van der Waals surface area (Å²) in [6.07, 6.45) is -0.404. The second kappa shape index (κ2) is 4.42. The molecule has 0 unspecified atom stereocenters. The summed E-state index contributed by atoms with van der Waals surface area (Å²) >= 11 is 0. The Kier molecular flexibility index (Phi) is 3.15. The van der Waals surface area contributed by atoms with Crippen molar-refractivity contribution in [3.8, 4) is 0 Å². The van der Waals surface area contributed by atoms with E-state index in [0.29, 0.717) is 18.1 Å². The first-order valence-electron chi connectivity index (χ1n) is 5.08. The zero-order valence-electron chi connectivity index (χ0n) is 8.66. The maximum absolute atomic E-state index is 11.7. The van der Waals surface area contributed by atoms with Crippen molar-refractivity contribution in [2.45, 2.75) is 31.2 Å². The van der Waals surface area contributed by atoms with Crippen LogP contribution in [0.25, 0.3) is 0 Å². The van der Waals surface area contributed by atoms with E-state index in [1.54, 1.807) is 0 Å². The molecule has 2 N–H and O–H groups in total. The summed E-state index contributed by atoms with van der Waals surface area (Å²) < 4.78 is 33.2.